The van der Waals surface area contributed by atoms with Crippen molar-refractivity contribution in [3.63, 3.8) is 0 Å². The van der Waals surface area contributed by atoms with Crippen molar-refractivity contribution in [3.8, 4) is 11.6 Å². The van der Waals surface area contributed by atoms with E-state index in [1.54, 1.807) is 0 Å². The topological polar surface area (TPSA) is 133 Å². The number of hydrogen-bond acceptors (Lipinski definition) is 7. The van der Waals surface area contributed by atoms with Crippen molar-refractivity contribution in [2.24, 2.45) is 0 Å². The average molecular weight is 307 g/mol. The molecule has 3 N–H and O–H groups in total. The minimum atomic E-state index is -0.550. The summed E-state index contributed by atoms with van der Waals surface area (Å²) in [5.74, 6) is 0.324. The van der Waals surface area contributed by atoms with Crippen molar-refractivity contribution in [1.82, 2.24) is 19.9 Å². The van der Waals surface area contributed by atoms with Gasteiger partial charge in [-0.3, -0.25) is 10.1 Å². The minimum absolute atomic E-state index is 0.0114. The number of nitrogen functional groups attached to an aromatic ring is 1. The normalized spacial score (nSPS) is 10.7. The van der Waals surface area contributed by atoms with Gasteiger partial charge in [0.2, 0.25) is 5.95 Å². The van der Waals surface area contributed by atoms with Gasteiger partial charge in [-0.1, -0.05) is 11.6 Å². The first-order valence-electron chi connectivity index (χ1n) is 5.63. The molecule has 0 atom stereocenters. The number of ether oxygens (including phenoxy) is 1. The molecule has 3 aromatic rings. The van der Waals surface area contributed by atoms with Gasteiger partial charge in [-0.15, -0.1) is 0 Å². The van der Waals surface area contributed by atoms with Gasteiger partial charge in [-0.25, -0.2) is 4.98 Å². The first-order chi connectivity index (χ1) is 10.0. The third-order valence-corrected chi connectivity index (χ3v) is 2.90. The summed E-state index contributed by atoms with van der Waals surface area (Å²) in [5.41, 5.74) is 6.21. The number of aromatic amines is 1. The molecule has 106 valence electrons. The summed E-state index contributed by atoms with van der Waals surface area (Å²) < 4.78 is 5.54. The molecular formula is C11H7ClN6O3. The molecule has 2 heterocycles. The van der Waals surface area contributed by atoms with E-state index in [4.69, 9.17) is 22.1 Å². The summed E-state index contributed by atoms with van der Waals surface area (Å²) in [4.78, 5) is 24.8. The Kier molecular flexibility index (Phi) is 3.03. The number of benzene rings is 1. The molecule has 0 saturated carbocycles. The van der Waals surface area contributed by atoms with Gasteiger partial charge in [0.05, 0.1) is 16.3 Å². The van der Waals surface area contributed by atoms with Gasteiger partial charge in [0.25, 0.3) is 11.6 Å². The van der Waals surface area contributed by atoms with Crippen LogP contribution in [0, 0.1) is 10.1 Å². The molecule has 21 heavy (non-hydrogen) atoms. The van der Waals surface area contributed by atoms with Gasteiger partial charge in [-0.05, 0) is 6.07 Å². The zero-order valence-corrected chi connectivity index (χ0v) is 11.0. The highest BCUT2D eigenvalue weighted by molar-refractivity contribution is 6.32. The maximum absolute atomic E-state index is 10.7. The van der Waals surface area contributed by atoms with Gasteiger partial charge in [0, 0.05) is 12.1 Å². The van der Waals surface area contributed by atoms with Crippen LogP contribution in [0.25, 0.3) is 11.2 Å². The number of fused-ring (bicyclic) bond motifs is 1. The first kappa shape index (κ1) is 13.1. The van der Waals surface area contributed by atoms with Crippen molar-refractivity contribution in [3.05, 3.63) is 39.7 Å². The van der Waals surface area contributed by atoms with Crippen LogP contribution in [0.4, 0.5) is 11.6 Å². The molecule has 10 heteroatoms. The number of halogens is 1. The number of non-ortho nitro benzene ring substituents is 1. The van der Waals surface area contributed by atoms with E-state index < -0.39 is 4.92 Å². The maximum Gasteiger partial charge on any atom is 0.271 e. The maximum atomic E-state index is 10.7. The van der Waals surface area contributed by atoms with Gasteiger partial charge in [0.1, 0.15) is 11.3 Å². The molecule has 0 radical (unpaired) electrons. The fourth-order valence-electron chi connectivity index (χ4n) is 1.69. The third-order valence-electron chi connectivity index (χ3n) is 2.60. The van der Waals surface area contributed by atoms with Crippen LogP contribution < -0.4 is 10.5 Å². The molecule has 0 spiro atoms. The Morgan fingerprint density at radius 2 is 2.19 bits per heavy atom. The van der Waals surface area contributed by atoms with Crippen LogP contribution in [0.2, 0.25) is 5.02 Å². The predicted octanol–water partition coefficient (Wildman–Crippen LogP) is 2.29. The number of nitrogens with two attached hydrogens (primary N) is 1. The summed E-state index contributed by atoms with van der Waals surface area (Å²) in [7, 11) is 0. The van der Waals surface area contributed by atoms with E-state index in [0.29, 0.717) is 11.2 Å². The standard InChI is InChI=1S/C11H7ClN6O3/c12-6-3-5(18(19)20)1-2-7(6)21-10-8-9(15-4-14-8)16-11(13)17-10/h1-4H,(H3,13,14,15,16,17). The summed E-state index contributed by atoms with van der Waals surface area (Å²) in [6.45, 7) is 0. The largest absolute Gasteiger partial charge is 0.435 e. The Labute approximate surface area is 121 Å². The molecule has 2 aromatic heterocycles. The molecule has 0 amide bonds. The zero-order valence-electron chi connectivity index (χ0n) is 10.3. The molecule has 9 nitrogen and oxygen atoms in total. The summed E-state index contributed by atoms with van der Waals surface area (Å²) in [6.07, 6.45) is 1.42. The highest BCUT2D eigenvalue weighted by Crippen LogP contribution is 2.33. The Morgan fingerprint density at radius 1 is 1.38 bits per heavy atom. The number of aromatic nitrogens is 4. The Bertz CT molecular complexity index is 849. The fraction of sp³-hybridized carbons (Fsp3) is 0. The monoisotopic (exact) mass is 306 g/mol. The van der Waals surface area contributed by atoms with Crippen LogP contribution >= 0.6 is 11.6 Å². The molecule has 0 aliphatic heterocycles. The van der Waals surface area contributed by atoms with Crippen LogP contribution in [0.15, 0.2) is 24.5 Å². The number of imidazole rings is 1. The average Bonchev–Trinajstić information content (AvgIpc) is 2.88. The molecule has 0 aliphatic rings. The van der Waals surface area contributed by atoms with E-state index in [1.807, 2.05) is 0 Å². The SMILES string of the molecule is Nc1nc(Oc2ccc([N+](=O)[O-])cc2Cl)c2[nH]cnc2n1. The summed E-state index contributed by atoms with van der Waals surface area (Å²) >= 11 is 5.96. The minimum Gasteiger partial charge on any atom is -0.435 e. The van der Waals surface area contributed by atoms with Crippen molar-refractivity contribution in [2.75, 3.05) is 5.73 Å². The second-order valence-corrected chi connectivity index (χ2v) is 4.37. The third kappa shape index (κ3) is 2.41. The van der Waals surface area contributed by atoms with Gasteiger partial charge < -0.3 is 15.5 Å². The van der Waals surface area contributed by atoms with E-state index in [1.165, 1.54) is 24.5 Å². The van der Waals surface area contributed by atoms with Crippen molar-refractivity contribution in [2.45, 2.75) is 0 Å². The van der Waals surface area contributed by atoms with E-state index in [2.05, 4.69) is 19.9 Å². The summed E-state index contributed by atoms with van der Waals surface area (Å²) in [6, 6.07) is 3.84. The number of nitrogens with zero attached hydrogens (tertiary/aromatic N) is 4. The Morgan fingerprint density at radius 3 is 2.90 bits per heavy atom. The second kappa shape index (κ2) is 4.87. The van der Waals surface area contributed by atoms with Crippen LogP contribution in [0.5, 0.6) is 11.6 Å². The van der Waals surface area contributed by atoms with Crippen molar-refractivity contribution in [1.29, 1.82) is 0 Å². The molecule has 0 bridgehead atoms. The lowest BCUT2D eigenvalue weighted by atomic mass is 10.3. The van der Waals surface area contributed by atoms with E-state index in [0.717, 1.165) is 0 Å². The molecule has 3 rings (SSSR count). The molecule has 0 aliphatic carbocycles. The van der Waals surface area contributed by atoms with Crippen LogP contribution in [0.1, 0.15) is 0 Å². The van der Waals surface area contributed by atoms with Gasteiger partial charge >= 0.3 is 0 Å². The summed E-state index contributed by atoms with van der Waals surface area (Å²) in [5, 5.41) is 10.7. The molecular weight excluding hydrogens is 300 g/mol. The fourth-order valence-corrected chi connectivity index (χ4v) is 1.90. The first-order valence-corrected chi connectivity index (χ1v) is 6.01. The smallest absolute Gasteiger partial charge is 0.271 e. The predicted molar refractivity (Wildman–Crippen MR) is 74.3 cm³/mol. The number of hydrogen-bond donors (Lipinski definition) is 2. The molecule has 0 fully saturated rings. The number of H-pyrrole nitrogens is 1. The molecule has 0 unspecified atom stereocenters. The van der Waals surface area contributed by atoms with Gasteiger partial charge in [-0.2, -0.15) is 9.97 Å². The lowest BCUT2D eigenvalue weighted by molar-refractivity contribution is -0.384. The number of nitro groups is 1. The van der Waals surface area contributed by atoms with Crippen LogP contribution in [0.3, 0.4) is 0 Å². The van der Waals surface area contributed by atoms with E-state index >= 15 is 0 Å². The number of nitro benzene ring substituents is 1. The number of rotatable bonds is 3. The van der Waals surface area contributed by atoms with Crippen molar-refractivity contribution >= 4 is 34.4 Å². The van der Waals surface area contributed by atoms with E-state index in [-0.39, 0.29) is 28.3 Å². The highest BCUT2D eigenvalue weighted by Gasteiger charge is 2.15. The van der Waals surface area contributed by atoms with Crippen LogP contribution in [-0.4, -0.2) is 24.9 Å². The highest BCUT2D eigenvalue weighted by atomic mass is 35.5. The lowest BCUT2D eigenvalue weighted by Gasteiger charge is -2.07. The zero-order chi connectivity index (χ0) is 15.0. The Balaban J connectivity index is 2.02. The van der Waals surface area contributed by atoms with Crippen LogP contribution in [-0.2, 0) is 0 Å². The van der Waals surface area contributed by atoms with Crippen molar-refractivity contribution < 1.29 is 9.66 Å². The lowest BCUT2D eigenvalue weighted by Crippen LogP contribution is -1.99. The Hall–Kier alpha value is -2.94. The van der Waals surface area contributed by atoms with E-state index in [9.17, 15) is 10.1 Å². The van der Waals surface area contributed by atoms with Gasteiger partial charge in [0.15, 0.2) is 5.65 Å². The molecule has 1 aromatic carbocycles. The quantitative estimate of drug-likeness (QED) is 0.560. The number of anilines is 1. The number of nitrogens with one attached hydrogen (secondary N) is 1. The second-order valence-electron chi connectivity index (χ2n) is 3.96. The molecule has 0 saturated heterocycles.